The number of methoxy groups -OCH3 is 1. The van der Waals surface area contributed by atoms with Crippen LogP contribution < -0.4 is 10.6 Å². The van der Waals surface area contributed by atoms with E-state index < -0.39 is 17.9 Å². The van der Waals surface area contributed by atoms with Crippen LogP contribution in [0, 0.1) is 0 Å². The van der Waals surface area contributed by atoms with E-state index in [2.05, 4.69) is 10.6 Å². The number of carbonyl (C=O) groups excluding carboxylic acids is 3. The minimum Gasteiger partial charge on any atom is -0.508 e. The van der Waals surface area contributed by atoms with Crippen LogP contribution in [0.5, 0.6) is 5.75 Å². The van der Waals surface area contributed by atoms with E-state index in [1.807, 2.05) is 6.92 Å². The minimum absolute atomic E-state index is 0.0757. The van der Waals surface area contributed by atoms with E-state index in [1.54, 1.807) is 12.1 Å². The molecule has 1 aromatic carbocycles. The SMILES string of the molecule is CCCCCC(=O)NCC(=O)NC(Cc1cccc(O)c1)C(=O)OC. The molecular formula is C18H26N2O5. The van der Waals surface area contributed by atoms with E-state index in [1.165, 1.54) is 19.2 Å². The molecule has 0 saturated heterocycles. The molecule has 0 aliphatic carbocycles. The van der Waals surface area contributed by atoms with Crippen molar-refractivity contribution in [3.63, 3.8) is 0 Å². The molecule has 1 rings (SSSR count). The Morgan fingerprint density at radius 1 is 1.20 bits per heavy atom. The minimum atomic E-state index is -0.892. The van der Waals surface area contributed by atoms with Crippen LogP contribution in [0.25, 0.3) is 0 Å². The molecule has 1 atom stereocenters. The molecule has 25 heavy (non-hydrogen) atoms. The maximum atomic E-state index is 12.0. The number of hydrogen-bond donors (Lipinski definition) is 3. The topological polar surface area (TPSA) is 105 Å². The molecule has 7 heteroatoms. The van der Waals surface area contributed by atoms with Gasteiger partial charge in [0.2, 0.25) is 11.8 Å². The van der Waals surface area contributed by atoms with Crippen molar-refractivity contribution in [3.05, 3.63) is 29.8 Å². The number of nitrogens with one attached hydrogen (secondary N) is 2. The average Bonchev–Trinajstić information content (AvgIpc) is 2.59. The Labute approximate surface area is 147 Å². The van der Waals surface area contributed by atoms with Crippen molar-refractivity contribution in [3.8, 4) is 5.75 Å². The molecule has 0 heterocycles. The number of ether oxygens (including phenoxy) is 1. The van der Waals surface area contributed by atoms with E-state index >= 15 is 0 Å². The first-order valence-corrected chi connectivity index (χ1v) is 8.38. The number of unbranched alkanes of at least 4 members (excludes halogenated alkanes) is 2. The van der Waals surface area contributed by atoms with E-state index in [4.69, 9.17) is 4.74 Å². The molecule has 2 amide bonds. The van der Waals surface area contributed by atoms with Crippen LogP contribution in [0.2, 0.25) is 0 Å². The van der Waals surface area contributed by atoms with Crippen LogP contribution in [0.4, 0.5) is 0 Å². The van der Waals surface area contributed by atoms with Gasteiger partial charge in [0.25, 0.3) is 0 Å². The van der Waals surface area contributed by atoms with Crippen molar-refractivity contribution in [1.82, 2.24) is 10.6 Å². The fourth-order valence-electron chi connectivity index (χ4n) is 2.30. The maximum Gasteiger partial charge on any atom is 0.328 e. The quantitative estimate of drug-likeness (QED) is 0.436. The molecule has 0 radical (unpaired) electrons. The highest BCUT2D eigenvalue weighted by atomic mass is 16.5. The van der Waals surface area contributed by atoms with Crippen LogP contribution in [-0.4, -0.2) is 42.6 Å². The molecule has 1 unspecified atom stereocenters. The summed E-state index contributed by atoms with van der Waals surface area (Å²) in [5, 5.41) is 14.6. The molecule has 138 valence electrons. The van der Waals surface area contributed by atoms with Crippen molar-refractivity contribution < 1.29 is 24.2 Å². The van der Waals surface area contributed by atoms with Crippen molar-refractivity contribution in [1.29, 1.82) is 0 Å². The van der Waals surface area contributed by atoms with Gasteiger partial charge in [0, 0.05) is 12.8 Å². The van der Waals surface area contributed by atoms with Crippen LogP contribution in [0.3, 0.4) is 0 Å². The molecule has 0 bridgehead atoms. The first-order valence-electron chi connectivity index (χ1n) is 8.38. The highest BCUT2D eigenvalue weighted by molar-refractivity contribution is 5.88. The van der Waals surface area contributed by atoms with Gasteiger partial charge in [-0.05, 0) is 24.1 Å². The van der Waals surface area contributed by atoms with Gasteiger partial charge in [0.05, 0.1) is 13.7 Å². The Morgan fingerprint density at radius 2 is 1.96 bits per heavy atom. The third kappa shape index (κ3) is 8.19. The van der Waals surface area contributed by atoms with Gasteiger partial charge in [-0.25, -0.2) is 4.79 Å². The lowest BCUT2D eigenvalue weighted by atomic mass is 10.1. The Balaban J connectivity index is 2.53. The molecule has 0 aliphatic rings. The first-order chi connectivity index (χ1) is 12.0. The van der Waals surface area contributed by atoms with Crippen LogP contribution in [-0.2, 0) is 25.5 Å². The lowest BCUT2D eigenvalue weighted by Crippen LogP contribution is -2.47. The summed E-state index contributed by atoms with van der Waals surface area (Å²) in [6, 6.07) is 5.52. The number of phenols is 1. The van der Waals surface area contributed by atoms with Gasteiger partial charge in [-0.2, -0.15) is 0 Å². The van der Waals surface area contributed by atoms with E-state index in [0.29, 0.717) is 12.0 Å². The summed E-state index contributed by atoms with van der Waals surface area (Å²) in [6.45, 7) is 1.85. The molecule has 0 saturated carbocycles. The smallest absolute Gasteiger partial charge is 0.328 e. The van der Waals surface area contributed by atoms with Crippen molar-refractivity contribution >= 4 is 17.8 Å². The molecular weight excluding hydrogens is 324 g/mol. The fourth-order valence-corrected chi connectivity index (χ4v) is 2.30. The Morgan fingerprint density at radius 3 is 2.60 bits per heavy atom. The van der Waals surface area contributed by atoms with Crippen molar-refractivity contribution in [2.24, 2.45) is 0 Å². The zero-order chi connectivity index (χ0) is 18.7. The summed E-state index contributed by atoms with van der Waals surface area (Å²) in [5.74, 6) is -1.18. The second kappa shape index (κ2) is 11.1. The monoisotopic (exact) mass is 350 g/mol. The predicted molar refractivity (Wildman–Crippen MR) is 92.9 cm³/mol. The van der Waals surface area contributed by atoms with Crippen LogP contribution >= 0.6 is 0 Å². The van der Waals surface area contributed by atoms with Gasteiger partial charge in [0.15, 0.2) is 0 Å². The molecule has 1 aromatic rings. The number of aromatic hydroxyl groups is 1. The van der Waals surface area contributed by atoms with Gasteiger partial charge in [0.1, 0.15) is 11.8 Å². The average molecular weight is 350 g/mol. The largest absolute Gasteiger partial charge is 0.508 e. The second-order valence-corrected chi connectivity index (χ2v) is 5.75. The number of esters is 1. The number of hydrogen-bond acceptors (Lipinski definition) is 5. The van der Waals surface area contributed by atoms with Gasteiger partial charge in [-0.3, -0.25) is 9.59 Å². The van der Waals surface area contributed by atoms with E-state index in [-0.39, 0.29) is 24.6 Å². The van der Waals surface area contributed by atoms with Gasteiger partial charge < -0.3 is 20.5 Å². The molecule has 0 spiro atoms. The molecule has 0 fully saturated rings. The third-order valence-electron chi connectivity index (χ3n) is 3.62. The summed E-state index contributed by atoms with van der Waals surface area (Å²) in [7, 11) is 1.24. The molecule has 0 aliphatic heterocycles. The van der Waals surface area contributed by atoms with E-state index in [9.17, 15) is 19.5 Å². The van der Waals surface area contributed by atoms with Gasteiger partial charge in [-0.1, -0.05) is 31.9 Å². The second-order valence-electron chi connectivity index (χ2n) is 5.75. The zero-order valence-corrected chi connectivity index (χ0v) is 14.7. The molecule has 7 nitrogen and oxygen atoms in total. The number of amides is 2. The molecule has 0 aromatic heterocycles. The summed E-state index contributed by atoms with van der Waals surface area (Å²) < 4.78 is 4.70. The van der Waals surface area contributed by atoms with Crippen molar-refractivity contribution in [2.45, 2.75) is 45.1 Å². The Hall–Kier alpha value is -2.57. The Kier molecular flexibility index (Phi) is 9.06. The highest BCUT2D eigenvalue weighted by Gasteiger charge is 2.22. The zero-order valence-electron chi connectivity index (χ0n) is 14.7. The Bertz CT molecular complexity index is 589. The number of benzene rings is 1. The lowest BCUT2D eigenvalue weighted by Gasteiger charge is -2.17. The first kappa shape index (κ1) is 20.5. The summed E-state index contributed by atoms with van der Waals surface area (Å²) in [6.07, 6.45) is 3.33. The summed E-state index contributed by atoms with van der Waals surface area (Å²) in [4.78, 5) is 35.5. The van der Waals surface area contributed by atoms with Crippen molar-refractivity contribution in [2.75, 3.05) is 13.7 Å². The highest BCUT2D eigenvalue weighted by Crippen LogP contribution is 2.13. The molecule has 3 N–H and O–H groups in total. The third-order valence-corrected chi connectivity index (χ3v) is 3.62. The maximum absolute atomic E-state index is 12.0. The lowest BCUT2D eigenvalue weighted by molar-refractivity contribution is -0.145. The standard InChI is InChI=1S/C18H26N2O5/c1-3-4-5-9-16(22)19-12-17(23)20-15(18(24)25-2)11-13-7-6-8-14(21)10-13/h6-8,10,15,21H,3-5,9,11-12H2,1-2H3,(H,19,22)(H,20,23). The fraction of sp³-hybridized carbons (Fsp3) is 0.500. The number of carbonyl (C=O) groups is 3. The normalized spacial score (nSPS) is 11.4. The predicted octanol–water partition coefficient (Wildman–Crippen LogP) is 1.29. The van der Waals surface area contributed by atoms with Gasteiger partial charge in [-0.15, -0.1) is 0 Å². The van der Waals surface area contributed by atoms with E-state index in [0.717, 1.165) is 19.3 Å². The van der Waals surface area contributed by atoms with Crippen LogP contribution in [0.15, 0.2) is 24.3 Å². The summed E-state index contributed by atoms with van der Waals surface area (Å²) >= 11 is 0. The van der Waals surface area contributed by atoms with Crippen LogP contribution in [0.1, 0.15) is 38.2 Å². The number of rotatable bonds is 10. The van der Waals surface area contributed by atoms with Gasteiger partial charge >= 0.3 is 5.97 Å². The number of phenolic OH excluding ortho intramolecular Hbond substituents is 1. The summed E-state index contributed by atoms with van der Waals surface area (Å²) in [5.41, 5.74) is 0.680.